The number of piperidine rings is 1. The van der Waals surface area contributed by atoms with E-state index in [9.17, 15) is 4.79 Å². The van der Waals surface area contributed by atoms with Crippen molar-refractivity contribution in [2.45, 2.75) is 52.7 Å². The van der Waals surface area contributed by atoms with Crippen molar-refractivity contribution >= 4 is 5.91 Å². The summed E-state index contributed by atoms with van der Waals surface area (Å²) < 4.78 is 10.9. The Balaban J connectivity index is 1.40. The van der Waals surface area contributed by atoms with Gasteiger partial charge in [-0.3, -0.25) is 9.69 Å². The molecule has 1 amide bonds. The van der Waals surface area contributed by atoms with E-state index in [1.807, 2.05) is 45.0 Å². The predicted octanol–water partition coefficient (Wildman–Crippen LogP) is 3.19. The molecule has 1 aliphatic heterocycles. The van der Waals surface area contributed by atoms with Crippen LogP contribution in [0.25, 0.3) is 11.4 Å². The minimum atomic E-state index is 0.0856. The lowest BCUT2D eigenvalue weighted by Gasteiger charge is -2.30. The van der Waals surface area contributed by atoms with Gasteiger partial charge in [-0.05, 0) is 58.7 Å². The van der Waals surface area contributed by atoms with E-state index in [0.717, 1.165) is 43.5 Å². The average Bonchev–Trinajstić information content (AvgIpc) is 3.16. The molecule has 0 saturated carbocycles. The molecule has 0 unspecified atom stereocenters. The van der Waals surface area contributed by atoms with Gasteiger partial charge in [-0.15, -0.1) is 0 Å². The molecular weight excluding hydrogens is 368 g/mol. The van der Waals surface area contributed by atoms with Crippen LogP contribution in [0.15, 0.2) is 28.8 Å². The highest BCUT2D eigenvalue weighted by atomic mass is 16.5. The van der Waals surface area contributed by atoms with E-state index in [2.05, 4.69) is 20.4 Å². The van der Waals surface area contributed by atoms with Crippen molar-refractivity contribution in [1.29, 1.82) is 0 Å². The minimum Gasteiger partial charge on any atom is -0.379 e. The first kappa shape index (κ1) is 21.5. The van der Waals surface area contributed by atoms with E-state index in [-0.39, 0.29) is 17.9 Å². The van der Waals surface area contributed by atoms with Gasteiger partial charge in [-0.1, -0.05) is 29.4 Å². The monoisotopic (exact) mass is 400 g/mol. The van der Waals surface area contributed by atoms with Crippen LogP contribution in [0.3, 0.4) is 0 Å². The maximum Gasteiger partial charge on any atom is 0.241 e. The van der Waals surface area contributed by atoms with Crippen molar-refractivity contribution in [3.05, 3.63) is 35.7 Å². The zero-order valence-corrected chi connectivity index (χ0v) is 17.7. The quantitative estimate of drug-likeness (QED) is 0.651. The van der Waals surface area contributed by atoms with Gasteiger partial charge in [-0.25, -0.2) is 0 Å². The number of aryl methyl sites for hydroxylation is 1. The van der Waals surface area contributed by atoms with Crippen molar-refractivity contribution in [2.24, 2.45) is 5.92 Å². The standard InChI is InChI=1S/C22H32N4O3/c1-16(2)28-14-6-11-23-22(27)18-9-12-26(13-10-18)15-20-24-21(25-29-20)19-8-5-4-7-17(19)3/h4-5,7-8,16,18H,6,9-15H2,1-3H3,(H,23,27). The first-order valence-corrected chi connectivity index (χ1v) is 10.5. The molecule has 2 aromatic rings. The van der Waals surface area contributed by atoms with Crippen LogP contribution < -0.4 is 5.32 Å². The second-order valence-electron chi connectivity index (χ2n) is 7.94. The number of carbonyl (C=O) groups is 1. The number of rotatable bonds is 9. The molecule has 0 bridgehead atoms. The summed E-state index contributed by atoms with van der Waals surface area (Å²) in [4.78, 5) is 19.2. The molecule has 1 saturated heterocycles. The summed E-state index contributed by atoms with van der Waals surface area (Å²) in [5.74, 6) is 1.50. The van der Waals surface area contributed by atoms with Gasteiger partial charge in [0.1, 0.15) is 0 Å². The molecule has 0 atom stereocenters. The van der Waals surface area contributed by atoms with Crippen molar-refractivity contribution in [2.75, 3.05) is 26.2 Å². The zero-order chi connectivity index (χ0) is 20.6. The van der Waals surface area contributed by atoms with Crippen LogP contribution in [0.1, 0.15) is 44.6 Å². The second kappa shape index (κ2) is 10.5. The molecular formula is C22H32N4O3. The third-order valence-electron chi connectivity index (χ3n) is 5.24. The second-order valence-corrected chi connectivity index (χ2v) is 7.94. The lowest BCUT2D eigenvalue weighted by atomic mass is 9.96. The van der Waals surface area contributed by atoms with Crippen molar-refractivity contribution in [3.63, 3.8) is 0 Å². The number of benzene rings is 1. The Kier molecular flexibility index (Phi) is 7.77. The summed E-state index contributed by atoms with van der Waals surface area (Å²) in [5.41, 5.74) is 2.12. The lowest BCUT2D eigenvalue weighted by Crippen LogP contribution is -2.40. The number of carbonyl (C=O) groups excluding carboxylic acids is 1. The van der Waals surface area contributed by atoms with Gasteiger partial charge in [0.2, 0.25) is 17.6 Å². The van der Waals surface area contributed by atoms with E-state index in [1.54, 1.807) is 0 Å². The van der Waals surface area contributed by atoms with Crippen molar-refractivity contribution < 1.29 is 14.1 Å². The molecule has 2 heterocycles. The van der Waals surface area contributed by atoms with Gasteiger partial charge in [0.25, 0.3) is 0 Å². The molecule has 0 radical (unpaired) electrons. The summed E-state index contributed by atoms with van der Waals surface area (Å²) in [6.07, 6.45) is 2.80. The van der Waals surface area contributed by atoms with Crippen LogP contribution in [0, 0.1) is 12.8 Å². The van der Waals surface area contributed by atoms with Gasteiger partial charge in [0, 0.05) is 24.6 Å². The van der Waals surface area contributed by atoms with E-state index in [4.69, 9.17) is 9.26 Å². The van der Waals surface area contributed by atoms with Crippen LogP contribution in [-0.4, -0.2) is 53.3 Å². The third kappa shape index (κ3) is 6.37. The average molecular weight is 401 g/mol. The SMILES string of the molecule is Cc1ccccc1-c1noc(CN2CCC(C(=O)NCCCOC(C)C)CC2)n1. The summed E-state index contributed by atoms with van der Waals surface area (Å²) in [7, 11) is 0. The fraction of sp³-hybridized carbons (Fsp3) is 0.591. The molecule has 0 spiro atoms. The molecule has 1 fully saturated rings. The normalized spacial score (nSPS) is 15.7. The number of likely N-dealkylation sites (tertiary alicyclic amines) is 1. The van der Waals surface area contributed by atoms with Gasteiger partial charge in [0.05, 0.1) is 12.6 Å². The summed E-state index contributed by atoms with van der Waals surface area (Å²) >= 11 is 0. The Morgan fingerprint density at radius 2 is 2.07 bits per heavy atom. The van der Waals surface area contributed by atoms with E-state index < -0.39 is 0 Å². The summed E-state index contributed by atoms with van der Waals surface area (Å²) in [5, 5.41) is 7.17. The predicted molar refractivity (Wildman–Crippen MR) is 111 cm³/mol. The Bertz CT molecular complexity index is 782. The fourth-order valence-corrected chi connectivity index (χ4v) is 3.54. The third-order valence-corrected chi connectivity index (χ3v) is 5.24. The highest BCUT2D eigenvalue weighted by Gasteiger charge is 2.25. The van der Waals surface area contributed by atoms with Crippen molar-refractivity contribution in [1.82, 2.24) is 20.4 Å². The maximum atomic E-state index is 12.3. The number of amides is 1. The largest absolute Gasteiger partial charge is 0.379 e. The van der Waals surface area contributed by atoms with Gasteiger partial charge >= 0.3 is 0 Å². The van der Waals surface area contributed by atoms with Gasteiger partial charge in [-0.2, -0.15) is 4.98 Å². The molecule has 1 aromatic carbocycles. The van der Waals surface area contributed by atoms with E-state index in [0.29, 0.717) is 31.4 Å². The van der Waals surface area contributed by atoms with Crippen LogP contribution >= 0.6 is 0 Å². The number of nitrogens with one attached hydrogen (secondary N) is 1. The van der Waals surface area contributed by atoms with Crippen LogP contribution in [-0.2, 0) is 16.1 Å². The van der Waals surface area contributed by atoms with Crippen LogP contribution in [0.4, 0.5) is 0 Å². The smallest absolute Gasteiger partial charge is 0.241 e. The zero-order valence-electron chi connectivity index (χ0n) is 17.7. The molecule has 1 N–H and O–H groups in total. The maximum absolute atomic E-state index is 12.3. The molecule has 29 heavy (non-hydrogen) atoms. The fourth-order valence-electron chi connectivity index (χ4n) is 3.54. The van der Waals surface area contributed by atoms with Crippen molar-refractivity contribution in [3.8, 4) is 11.4 Å². The Morgan fingerprint density at radius 3 is 2.79 bits per heavy atom. The number of ether oxygens (including phenoxy) is 1. The summed E-state index contributed by atoms with van der Waals surface area (Å²) in [6, 6.07) is 8.02. The van der Waals surface area contributed by atoms with Gasteiger partial charge in [0.15, 0.2) is 0 Å². The molecule has 0 aliphatic carbocycles. The van der Waals surface area contributed by atoms with Gasteiger partial charge < -0.3 is 14.6 Å². The highest BCUT2D eigenvalue weighted by molar-refractivity contribution is 5.78. The molecule has 3 rings (SSSR count). The molecule has 158 valence electrons. The first-order valence-electron chi connectivity index (χ1n) is 10.5. The molecule has 7 heteroatoms. The lowest BCUT2D eigenvalue weighted by molar-refractivity contribution is -0.126. The van der Waals surface area contributed by atoms with Crippen LogP contribution in [0.5, 0.6) is 0 Å². The van der Waals surface area contributed by atoms with E-state index in [1.165, 1.54) is 0 Å². The minimum absolute atomic E-state index is 0.0856. The molecule has 1 aliphatic rings. The summed E-state index contributed by atoms with van der Waals surface area (Å²) in [6.45, 7) is 9.78. The Hall–Kier alpha value is -2.25. The Labute approximate surface area is 172 Å². The number of hydrogen-bond donors (Lipinski definition) is 1. The topological polar surface area (TPSA) is 80.5 Å². The Morgan fingerprint density at radius 1 is 1.31 bits per heavy atom. The van der Waals surface area contributed by atoms with Crippen LogP contribution in [0.2, 0.25) is 0 Å². The number of aromatic nitrogens is 2. The number of nitrogens with zero attached hydrogens (tertiary/aromatic N) is 3. The first-order chi connectivity index (χ1) is 14.0. The molecule has 7 nitrogen and oxygen atoms in total. The highest BCUT2D eigenvalue weighted by Crippen LogP contribution is 2.22. The molecule has 1 aromatic heterocycles. The number of hydrogen-bond acceptors (Lipinski definition) is 6. The van der Waals surface area contributed by atoms with E-state index >= 15 is 0 Å².